The van der Waals surface area contributed by atoms with Gasteiger partial charge in [0, 0.05) is 44.8 Å². The Balaban J connectivity index is 0.00000109. The first-order valence-electron chi connectivity index (χ1n) is 8.07. The minimum absolute atomic E-state index is 0.0710. The third kappa shape index (κ3) is 6.02. The Labute approximate surface area is 158 Å². The van der Waals surface area contributed by atoms with Crippen molar-refractivity contribution in [2.75, 3.05) is 31.5 Å². The number of hydrogen-bond acceptors (Lipinski definition) is 6. The molecule has 2 radical (unpaired) electrons. The van der Waals surface area contributed by atoms with Gasteiger partial charge in [0.15, 0.2) is 7.12 Å². The first-order chi connectivity index (χ1) is 12.1. The molecule has 2 saturated heterocycles. The molecular formula is C16H21BFN3O2S2. The highest BCUT2D eigenvalue weighted by molar-refractivity contribution is 8.03. The number of Topliss-reactive ketones (excluding diaryl/α,β-unsaturated/α-hetero) is 1. The van der Waals surface area contributed by atoms with Crippen LogP contribution in [0.3, 0.4) is 0 Å². The number of ketones is 1. The van der Waals surface area contributed by atoms with Gasteiger partial charge in [-0.15, -0.1) is 0 Å². The maximum Gasteiger partial charge on any atom is 0.230 e. The Bertz CT molecular complexity index is 607. The van der Waals surface area contributed by atoms with E-state index in [2.05, 4.69) is 34.5 Å². The van der Waals surface area contributed by atoms with Crippen molar-refractivity contribution in [1.82, 2.24) is 9.62 Å². The van der Waals surface area contributed by atoms with Crippen LogP contribution in [-0.4, -0.2) is 49.3 Å². The number of nitrogens with one attached hydrogen (secondary N) is 2. The van der Waals surface area contributed by atoms with E-state index in [1.807, 2.05) is 0 Å². The van der Waals surface area contributed by atoms with Crippen molar-refractivity contribution in [3.63, 3.8) is 0 Å². The van der Waals surface area contributed by atoms with Crippen molar-refractivity contribution in [2.45, 2.75) is 18.6 Å². The summed E-state index contributed by atoms with van der Waals surface area (Å²) < 4.78 is 16.0. The monoisotopic (exact) mass is 381 g/mol. The van der Waals surface area contributed by atoms with Crippen LogP contribution in [-0.2, 0) is 15.3 Å². The highest BCUT2D eigenvalue weighted by atomic mass is 32.2. The van der Waals surface area contributed by atoms with Crippen LogP contribution < -0.4 is 10.6 Å². The summed E-state index contributed by atoms with van der Waals surface area (Å²) in [6.07, 6.45) is 1.21. The summed E-state index contributed by atoms with van der Waals surface area (Å²) in [5.74, 6) is 0.393. The zero-order valence-electron chi connectivity index (χ0n) is 13.8. The molecule has 0 atom stereocenters. The average molecular weight is 381 g/mol. The third-order valence-corrected chi connectivity index (χ3v) is 5.33. The van der Waals surface area contributed by atoms with Gasteiger partial charge in [-0.05, 0) is 17.7 Å². The number of hydrogen-bond donors (Lipinski definition) is 3. The number of anilines is 1. The van der Waals surface area contributed by atoms with Crippen LogP contribution in [0.4, 0.5) is 10.1 Å². The molecule has 2 heterocycles. The maximum atomic E-state index is 13.9. The van der Waals surface area contributed by atoms with Crippen molar-refractivity contribution >= 4 is 48.9 Å². The van der Waals surface area contributed by atoms with Crippen molar-refractivity contribution in [3.8, 4) is 0 Å². The smallest absolute Gasteiger partial charge is 0.230 e. The zero-order chi connectivity index (χ0) is 18.2. The number of rotatable bonds is 5. The van der Waals surface area contributed by atoms with Crippen LogP contribution >= 0.6 is 24.4 Å². The lowest BCUT2D eigenvalue weighted by Gasteiger charge is -2.26. The molecule has 2 N–H and O–H groups in total. The van der Waals surface area contributed by atoms with Crippen LogP contribution in [0.1, 0.15) is 18.4 Å². The fourth-order valence-electron chi connectivity index (χ4n) is 2.50. The molecule has 9 heteroatoms. The molecule has 2 aliphatic heterocycles. The van der Waals surface area contributed by atoms with E-state index >= 15 is 0 Å². The lowest BCUT2D eigenvalue weighted by molar-refractivity contribution is -0.121. The number of benzene rings is 1. The van der Waals surface area contributed by atoms with E-state index < -0.39 is 5.82 Å². The molecule has 2 fully saturated rings. The van der Waals surface area contributed by atoms with Gasteiger partial charge in [-0.1, -0.05) is 18.0 Å². The predicted molar refractivity (Wildman–Crippen MR) is 103 cm³/mol. The van der Waals surface area contributed by atoms with Gasteiger partial charge in [-0.2, -0.15) is 0 Å². The van der Waals surface area contributed by atoms with Gasteiger partial charge < -0.3 is 10.6 Å². The number of nitrogens with zero attached hydrogens (tertiary/aromatic N) is 1. The van der Waals surface area contributed by atoms with Gasteiger partial charge in [-0.3, -0.25) is 9.59 Å². The molecule has 0 bridgehead atoms. The van der Waals surface area contributed by atoms with E-state index in [0.717, 1.165) is 18.7 Å². The van der Waals surface area contributed by atoms with Gasteiger partial charge in [0.1, 0.15) is 11.6 Å². The van der Waals surface area contributed by atoms with Gasteiger partial charge in [-0.25, -0.2) is 21.2 Å². The maximum absolute atomic E-state index is 13.9. The predicted octanol–water partition coefficient (Wildman–Crippen LogP) is 1.80. The van der Waals surface area contributed by atoms with Crippen molar-refractivity contribution in [3.05, 3.63) is 29.6 Å². The molecule has 0 aliphatic carbocycles. The Morgan fingerprint density at radius 2 is 2.04 bits per heavy atom. The van der Waals surface area contributed by atoms with Crippen LogP contribution in [0.15, 0.2) is 18.2 Å². The van der Waals surface area contributed by atoms with Crippen LogP contribution in [0.25, 0.3) is 0 Å². The van der Waals surface area contributed by atoms with Gasteiger partial charge in [0.05, 0.1) is 11.6 Å². The van der Waals surface area contributed by atoms with E-state index in [-0.39, 0.29) is 17.5 Å². The standard InChI is InChI=1S/C16H20FN3O2S.BHS/c17-14-2-1-11(10-23-20-5-3-13(21)4-6-20)7-15(14)19-16(22)12-8-18-9-12;1-2/h1-2,7,12,18H,3-6,8-10H2,(H,19,22);2H. The van der Waals surface area contributed by atoms with Gasteiger partial charge in [0.2, 0.25) is 5.91 Å². The number of thiol groups is 1. The van der Waals surface area contributed by atoms with Crippen LogP contribution in [0.2, 0.25) is 0 Å². The van der Waals surface area contributed by atoms with Crippen molar-refractivity contribution in [2.24, 2.45) is 5.92 Å². The quantitative estimate of drug-likeness (QED) is 0.413. The summed E-state index contributed by atoms with van der Waals surface area (Å²) in [5, 5.41) is 5.70. The lowest BCUT2D eigenvalue weighted by Crippen LogP contribution is -2.48. The molecule has 2 aliphatic rings. The number of carbonyl (C=O) groups is 2. The molecule has 1 aromatic carbocycles. The SMILES string of the molecule is O=C1CCN(SCc2ccc(F)c(NC(=O)C3CNC3)c2)CC1.[B]S. The Morgan fingerprint density at radius 3 is 2.64 bits per heavy atom. The Hall–Kier alpha value is -1.03. The minimum Gasteiger partial charge on any atom is -0.323 e. The van der Waals surface area contributed by atoms with E-state index in [4.69, 9.17) is 0 Å². The van der Waals surface area contributed by atoms with E-state index in [9.17, 15) is 14.0 Å². The number of amides is 1. The normalized spacial score (nSPS) is 18.1. The summed E-state index contributed by atoms with van der Waals surface area (Å²) in [4.78, 5) is 23.2. The van der Waals surface area contributed by atoms with E-state index in [1.165, 1.54) is 6.07 Å². The molecular weight excluding hydrogens is 360 g/mol. The van der Waals surface area contributed by atoms with E-state index in [0.29, 0.717) is 37.5 Å². The highest BCUT2D eigenvalue weighted by Crippen LogP contribution is 2.24. The molecule has 25 heavy (non-hydrogen) atoms. The largest absolute Gasteiger partial charge is 0.323 e. The van der Waals surface area contributed by atoms with E-state index in [1.54, 1.807) is 24.1 Å². The molecule has 1 amide bonds. The first kappa shape index (κ1) is 20.3. The summed E-state index contributed by atoms with van der Waals surface area (Å²) in [6, 6.07) is 4.82. The van der Waals surface area contributed by atoms with Crippen molar-refractivity contribution in [1.29, 1.82) is 0 Å². The number of halogens is 1. The molecule has 0 aromatic heterocycles. The third-order valence-electron chi connectivity index (χ3n) is 4.13. The van der Waals surface area contributed by atoms with Crippen molar-refractivity contribution < 1.29 is 14.0 Å². The topological polar surface area (TPSA) is 61.4 Å². The second-order valence-corrected chi connectivity index (χ2v) is 6.96. The van der Waals surface area contributed by atoms with Gasteiger partial charge >= 0.3 is 0 Å². The molecule has 0 spiro atoms. The van der Waals surface area contributed by atoms with Crippen LogP contribution in [0.5, 0.6) is 0 Å². The zero-order valence-corrected chi connectivity index (χ0v) is 15.5. The fourth-order valence-corrected chi connectivity index (χ4v) is 3.45. The number of piperidine rings is 1. The second-order valence-electron chi connectivity index (χ2n) is 5.90. The average Bonchev–Trinajstić information content (AvgIpc) is 2.57. The second kappa shape index (κ2) is 10.2. The number of carbonyl (C=O) groups excluding carboxylic acids is 2. The molecule has 134 valence electrons. The minimum atomic E-state index is -0.414. The van der Waals surface area contributed by atoms with Gasteiger partial charge in [0.25, 0.3) is 0 Å². The summed E-state index contributed by atoms with van der Waals surface area (Å²) in [5.41, 5.74) is 1.20. The highest BCUT2D eigenvalue weighted by Gasteiger charge is 2.25. The Kier molecular flexibility index (Phi) is 8.28. The molecule has 5 nitrogen and oxygen atoms in total. The fraction of sp³-hybridized carbons (Fsp3) is 0.500. The van der Waals surface area contributed by atoms with Crippen LogP contribution in [0, 0.1) is 11.7 Å². The Morgan fingerprint density at radius 1 is 1.36 bits per heavy atom. The lowest BCUT2D eigenvalue weighted by atomic mass is 10.0. The summed E-state index contributed by atoms with van der Waals surface area (Å²) in [6.45, 7) is 2.83. The molecule has 0 saturated carbocycles. The molecule has 1 aromatic rings. The summed E-state index contributed by atoms with van der Waals surface area (Å²) >= 11 is 4.67. The molecule has 0 unspecified atom stereocenters. The first-order valence-corrected chi connectivity index (χ1v) is 9.53. The molecule has 3 rings (SSSR count). The summed E-state index contributed by atoms with van der Waals surface area (Å²) in [7, 11) is 4.19.